The first-order valence-electron chi connectivity index (χ1n) is 10.8. The molecule has 0 bridgehead atoms. The first-order valence-corrected chi connectivity index (χ1v) is 10.8. The third-order valence-electron chi connectivity index (χ3n) is 6.02. The molecule has 6 heteroatoms. The summed E-state index contributed by atoms with van der Waals surface area (Å²) in [6, 6.07) is 7.92. The molecule has 3 N–H and O–H groups in total. The molecule has 2 rings (SSSR count). The van der Waals surface area contributed by atoms with E-state index in [4.69, 9.17) is 4.74 Å². The molecule has 1 fully saturated rings. The van der Waals surface area contributed by atoms with Gasteiger partial charge in [0.2, 0.25) is 0 Å². The van der Waals surface area contributed by atoms with Crippen LogP contribution >= 0.6 is 0 Å². The molecule has 1 saturated carbocycles. The molecule has 0 saturated heterocycles. The summed E-state index contributed by atoms with van der Waals surface area (Å²) < 4.78 is 5.32. The van der Waals surface area contributed by atoms with E-state index in [1.807, 2.05) is 31.2 Å². The van der Waals surface area contributed by atoms with Crippen molar-refractivity contribution in [1.82, 2.24) is 16.0 Å². The van der Waals surface area contributed by atoms with Crippen LogP contribution in [0.4, 0.5) is 0 Å². The number of methoxy groups -OCH3 is 1. The summed E-state index contributed by atoms with van der Waals surface area (Å²) in [6.07, 6.45) is 7.12. The van der Waals surface area contributed by atoms with Crippen molar-refractivity contribution in [2.24, 2.45) is 10.4 Å². The maximum atomic E-state index is 12.2. The van der Waals surface area contributed by atoms with Gasteiger partial charge in [-0.3, -0.25) is 9.79 Å². The molecule has 1 aliphatic rings. The summed E-state index contributed by atoms with van der Waals surface area (Å²) in [7, 11) is 3.57. The molecule has 6 nitrogen and oxygen atoms in total. The van der Waals surface area contributed by atoms with Gasteiger partial charge in [-0.2, -0.15) is 0 Å². The van der Waals surface area contributed by atoms with E-state index in [0.29, 0.717) is 17.5 Å². The van der Waals surface area contributed by atoms with Crippen LogP contribution in [0, 0.1) is 5.41 Å². The molecule has 1 amide bonds. The van der Waals surface area contributed by atoms with Crippen LogP contribution in [-0.2, 0) is 11.3 Å². The van der Waals surface area contributed by atoms with Gasteiger partial charge in [0.05, 0.1) is 0 Å². The summed E-state index contributed by atoms with van der Waals surface area (Å²) in [5.41, 5.74) is 2.12. The van der Waals surface area contributed by atoms with E-state index < -0.39 is 0 Å². The topological polar surface area (TPSA) is 74.8 Å². The van der Waals surface area contributed by atoms with Crippen LogP contribution < -0.4 is 16.0 Å². The molecular formula is C23H38N4O2. The first-order chi connectivity index (χ1) is 14.0. The Morgan fingerprint density at radius 1 is 1.21 bits per heavy atom. The number of hydrogen-bond donors (Lipinski definition) is 3. The number of nitrogens with one attached hydrogen (secondary N) is 3. The Morgan fingerprint density at radius 3 is 2.48 bits per heavy atom. The minimum atomic E-state index is -0.0192. The fourth-order valence-corrected chi connectivity index (χ4v) is 3.82. The van der Waals surface area contributed by atoms with E-state index in [2.05, 4.69) is 27.9 Å². The van der Waals surface area contributed by atoms with Gasteiger partial charge in [0.1, 0.15) is 0 Å². The molecule has 162 valence electrons. The van der Waals surface area contributed by atoms with Gasteiger partial charge in [-0.05, 0) is 55.7 Å². The Balaban J connectivity index is 1.83. The maximum Gasteiger partial charge on any atom is 0.251 e. The maximum absolute atomic E-state index is 12.2. The highest BCUT2D eigenvalue weighted by atomic mass is 16.5. The van der Waals surface area contributed by atoms with Gasteiger partial charge in [0.25, 0.3) is 5.91 Å². The van der Waals surface area contributed by atoms with Crippen molar-refractivity contribution in [2.75, 3.05) is 27.3 Å². The van der Waals surface area contributed by atoms with Crippen molar-refractivity contribution in [3.05, 3.63) is 35.4 Å². The van der Waals surface area contributed by atoms with Crippen molar-refractivity contribution in [2.45, 2.75) is 65.0 Å². The Labute approximate surface area is 175 Å². The van der Waals surface area contributed by atoms with Crippen molar-refractivity contribution in [1.29, 1.82) is 0 Å². The summed E-state index contributed by atoms with van der Waals surface area (Å²) in [6.45, 7) is 6.47. The number of benzene rings is 1. The summed E-state index contributed by atoms with van der Waals surface area (Å²) >= 11 is 0. The predicted molar refractivity (Wildman–Crippen MR) is 119 cm³/mol. The second-order valence-electron chi connectivity index (χ2n) is 8.21. The highest BCUT2D eigenvalue weighted by Gasteiger charge is 2.33. The molecule has 1 atom stereocenters. The zero-order valence-electron chi connectivity index (χ0n) is 18.5. The highest BCUT2D eigenvalue weighted by molar-refractivity contribution is 5.94. The monoisotopic (exact) mass is 402 g/mol. The smallest absolute Gasteiger partial charge is 0.251 e. The number of hydrogen-bond acceptors (Lipinski definition) is 3. The van der Waals surface area contributed by atoms with Crippen molar-refractivity contribution in [3.8, 4) is 0 Å². The summed E-state index contributed by atoms with van der Waals surface area (Å²) in [5, 5.41) is 9.88. The van der Waals surface area contributed by atoms with Crippen molar-refractivity contribution >= 4 is 11.9 Å². The number of aliphatic imine (C=N–C) groups is 1. The molecule has 0 spiro atoms. The zero-order valence-corrected chi connectivity index (χ0v) is 18.5. The molecule has 1 unspecified atom stereocenters. The van der Waals surface area contributed by atoms with Crippen molar-refractivity contribution in [3.63, 3.8) is 0 Å². The third kappa shape index (κ3) is 7.35. The minimum Gasteiger partial charge on any atom is -0.385 e. The SMILES string of the molecule is CCC(C)NC(=O)c1ccc(CNC(=NC)NCC2(CCOC)CCCC2)cc1. The molecular weight excluding hydrogens is 364 g/mol. The lowest BCUT2D eigenvalue weighted by Crippen LogP contribution is -2.43. The van der Waals surface area contributed by atoms with E-state index in [9.17, 15) is 4.79 Å². The number of guanidine groups is 1. The van der Waals surface area contributed by atoms with Crippen molar-refractivity contribution < 1.29 is 9.53 Å². The number of rotatable bonds is 10. The molecule has 1 aromatic rings. The highest BCUT2D eigenvalue weighted by Crippen LogP contribution is 2.40. The first kappa shape index (κ1) is 23.2. The minimum absolute atomic E-state index is 0.0192. The normalized spacial score (nSPS) is 17.0. The Morgan fingerprint density at radius 2 is 1.90 bits per heavy atom. The Hall–Kier alpha value is -2.08. The van der Waals surface area contributed by atoms with E-state index >= 15 is 0 Å². The second-order valence-corrected chi connectivity index (χ2v) is 8.21. The lowest BCUT2D eigenvalue weighted by atomic mass is 9.83. The molecule has 0 aliphatic heterocycles. The fraction of sp³-hybridized carbons (Fsp3) is 0.652. The van der Waals surface area contributed by atoms with Crippen LogP contribution in [0.1, 0.15) is 68.3 Å². The molecule has 1 aliphatic carbocycles. The zero-order chi connectivity index (χ0) is 21.1. The number of carbonyl (C=O) groups excluding carboxylic acids is 1. The molecule has 0 aromatic heterocycles. The van der Waals surface area contributed by atoms with Crippen LogP contribution in [0.3, 0.4) is 0 Å². The standard InChI is InChI=1S/C23H38N4O2/c1-5-18(2)27-21(28)20-10-8-19(9-11-20)16-25-22(24-3)26-17-23(14-15-29-4)12-6-7-13-23/h8-11,18H,5-7,12-17H2,1-4H3,(H,27,28)(H2,24,25,26). The number of carbonyl (C=O) groups is 1. The number of nitrogens with zero attached hydrogens (tertiary/aromatic N) is 1. The van der Waals surface area contributed by atoms with Gasteiger partial charge >= 0.3 is 0 Å². The van der Waals surface area contributed by atoms with Crippen LogP contribution in [0.15, 0.2) is 29.3 Å². The molecule has 29 heavy (non-hydrogen) atoms. The van der Waals surface area contributed by atoms with Gasteiger partial charge in [0.15, 0.2) is 5.96 Å². The molecule has 0 heterocycles. The fourth-order valence-electron chi connectivity index (χ4n) is 3.82. The van der Waals surface area contributed by atoms with Crippen LogP contribution in [-0.4, -0.2) is 45.2 Å². The molecule has 1 aromatic carbocycles. The second kappa shape index (κ2) is 11.8. The lowest BCUT2D eigenvalue weighted by molar-refractivity contribution is 0.0939. The van der Waals surface area contributed by atoms with E-state index in [-0.39, 0.29) is 11.9 Å². The van der Waals surface area contributed by atoms with E-state index in [1.165, 1.54) is 25.7 Å². The Kier molecular flexibility index (Phi) is 9.45. The molecule has 0 radical (unpaired) electrons. The number of amides is 1. The quantitative estimate of drug-likeness (QED) is 0.414. The lowest BCUT2D eigenvalue weighted by Gasteiger charge is -2.30. The van der Waals surface area contributed by atoms with Crippen LogP contribution in [0.5, 0.6) is 0 Å². The summed E-state index contributed by atoms with van der Waals surface area (Å²) in [5.74, 6) is 0.793. The largest absolute Gasteiger partial charge is 0.385 e. The third-order valence-corrected chi connectivity index (χ3v) is 6.02. The van der Waals surface area contributed by atoms with E-state index in [0.717, 1.165) is 37.5 Å². The average molecular weight is 403 g/mol. The average Bonchev–Trinajstić information content (AvgIpc) is 3.21. The van der Waals surface area contributed by atoms with Gasteiger partial charge in [-0.25, -0.2) is 0 Å². The number of ether oxygens (including phenoxy) is 1. The van der Waals surface area contributed by atoms with Crippen LogP contribution in [0.25, 0.3) is 0 Å². The van der Waals surface area contributed by atoms with Gasteiger partial charge in [-0.15, -0.1) is 0 Å². The van der Waals surface area contributed by atoms with Gasteiger partial charge in [0, 0.05) is 45.5 Å². The predicted octanol–water partition coefficient (Wildman–Crippen LogP) is 3.48. The van der Waals surface area contributed by atoms with Gasteiger partial charge < -0.3 is 20.7 Å². The van der Waals surface area contributed by atoms with Gasteiger partial charge in [-0.1, -0.05) is 31.9 Å². The van der Waals surface area contributed by atoms with E-state index in [1.54, 1.807) is 14.2 Å². The van der Waals surface area contributed by atoms with Crippen LogP contribution in [0.2, 0.25) is 0 Å². The summed E-state index contributed by atoms with van der Waals surface area (Å²) in [4.78, 5) is 16.6. The Bertz CT molecular complexity index is 651.